The molecule has 1 unspecified atom stereocenters. The summed E-state index contributed by atoms with van der Waals surface area (Å²) in [6.07, 6.45) is 1.12. The summed E-state index contributed by atoms with van der Waals surface area (Å²) in [5.41, 5.74) is 6.66. The molecule has 6 nitrogen and oxygen atoms in total. The topological polar surface area (TPSA) is 67.5 Å². The number of aromatic nitrogens is 2. The SMILES string of the molecule is COc1cc(C)nc(N2CCCN(CC(C)CN)CC2)n1. The summed E-state index contributed by atoms with van der Waals surface area (Å²) in [5.74, 6) is 1.96. The Morgan fingerprint density at radius 1 is 1.29 bits per heavy atom. The van der Waals surface area contributed by atoms with E-state index in [1.807, 2.05) is 13.0 Å². The molecular formula is C15H27N5O. The van der Waals surface area contributed by atoms with Crippen LogP contribution in [0.2, 0.25) is 0 Å². The fraction of sp³-hybridized carbons (Fsp3) is 0.733. The molecule has 0 radical (unpaired) electrons. The van der Waals surface area contributed by atoms with E-state index < -0.39 is 0 Å². The van der Waals surface area contributed by atoms with Gasteiger partial charge in [0.15, 0.2) is 0 Å². The number of nitrogens with two attached hydrogens (primary N) is 1. The van der Waals surface area contributed by atoms with Gasteiger partial charge in [-0.25, -0.2) is 4.98 Å². The highest BCUT2D eigenvalue weighted by Crippen LogP contribution is 2.17. The third-order valence-corrected chi connectivity index (χ3v) is 3.87. The number of nitrogens with zero attached hydrogens (tertiary/aromatic N) is 4. The summed E-state index contributed by atoms with van der Waals surface area (Å²) in [7, 11) is 1.64. The maximum atomic E-state index is 5.72. The molecule has 1 aliphatic rings. The van der Waals surface area contributed by atoms with E-state index in [4.69, 9.17) is 10.5 Å². The van der Waals surface area contributed by atoms with Gasteiger partial charge in [0.25, 0.3) is 0 Å². The quantitative estimate of drug-likeness (QED) is 0.870. The molecule has 118 valence electrons. The zero-order valence-corrected chi connectivity index (χ0v) is 13.4. The highest BCUT2D eigenvalue weighted by molar-refractivity contribution is 5.34. The van der Waals surface area contributed by atoms with E-state index in [1.165, 1.54) is 0 Å². The molecule has 2 rings (SSSR count). The molecule has 0 spiro atoms. The standard InChI is InChI=1S/C15H27N5O/c1-12(10-16)11-19-5-4-6-20(8-7-19)15-17-13(2)9-14(18-15)21-3/h9,12H,4-8,10-11,16H2,1-3H3. The maximum absolute atomic E-state index is 5.72. The first-order valence-electron chi connectivity index (χ1n) is 7.69. The second kappa shape index (κ2) is 7.56. The Morgan fingerprint density at radius 3 is 2.81 bits per heavy atom. The molecule has 1 aliphatic heterocycles. The van der Waals surface area contributed by atoms with Gasteiger partial charge in [0.05, 0.1) is 7.11 Å². The van der Waals surface area contributed by atoms with Crippen LogP contribution in [0.3, 0.4) is 0 Å². The van der Waals surface area contributed by atoms with Crippen molar-refractivity contribution in [2.45, 2.75) is 20.3 Å². The minimum atomic E-state index is 0.548. The van der Waals surface area contributed by atoms with E-state index in [-0.39, 0.29) is 0 Å². The predicted molar refractivity (Wildman–Crippen MR) is 84.8 cm³/mol. The van der Waals surface area contributed by atoms with Gasteiger partial charge in [0.2, 0.25) is 11.8 Å². The highest BCUT2D eigenvalue weighted by atomic mass is 16.5. The van der Waals surface area contributed by atoms with Crippen LogP contribution < -0.4 is 15.4 Å². The molecule has 0 amide bonds. The van der Waals surface area contributed by atoms with Crippen LogP contribution >= 0.6 is 0 Å². The Kier molecular flexibility index (Phi) is 5.76. The van der Waals surface area contributed by atoms with Gasteiger partial charge in [-0.3, -0.25) is 0 Å². The lowest BCUT2D eigenvalue weighted by molar-refractivity contribution is 0.255. The zero-order chi connectivity index (χ0) is 15.2. The molecule has 0 saturated carbocycles. The lowest BCUT2D eigenvalue weighted by Crippen LogP contribution is -2.35. The van der Waals surface area contributed by atoms with Crippen molar-refractivity contribution in [2.75, 3.05) is 51.3 Å². The summed E-state index contributed by atoms with van der Waals surface area (Å²) in [5, 5.41) is 0. The van der Waals surface area contributed by atoms with E-state index >= 15 is 0 Å². The third kappa shape index (κ3) is 4.54. The van der Waals surface area contributed by atoms with Crippen molar-refractivity contribution in [1.82, 2.24) is 14.9 Å². The van der Waals surface area contributed by atoms with Gasteiger partial charge in [0.1, 0.15) is 0 Å². The van der Waals surface area contributed by atoms with Crippen molar-refractivity contribution in [3.63, 3.8) is 0 Å². The third-order valence-electron chi connectivity index (χ3n) is 3.87. The molecule has 1 fully saturated rings. The van der Waals surface area contributed by atoms with E-state index in [2.05, 4.69) is 26.7 Å². The van der Waals surface area contributed by atoms with Gasteiger partial charge >= 0.3 is 0 Å². The van der Waals surface area contributed by atoms with Crippen LogP contribution in [0.4, 0.5) is 5.95 Å². The summed E-state index contributed by atoms with van der Waals surface area (Å²) >= 11 is 0. The van der Waals surface area contributed by atoms with Gasteiger partial charge in [-0.2, -0.15) is 4.98 Å². The average molecular weight is 293 g/mol. The lowest BCUT2D eigenvalue weighted by atomic mass is 10.1. The summed E-state index contributed by atoms with van der Waals surface area (Å²) in [6.45, 7) is 10.1. The Labute approximate surface area is 127 Å². The van der Waals surface area contributed by atoms with Crippen LogP contribution in [-0.4, -0.2) is 61.2 Å². The van der Waals surface area contributed by atoms with E-state index in [1.54, 1.807) is 7.11 Å². The predicted octanol–water partition coefficient (Wildman–Crippen LogP) is 0.901. The summed E-state index contributed by atoms with van der Waals surface area (Å²) in [4.78, 5) is 13.8. The summed E-state index contributed by atoms with van der Waals surface area (Å²) < 4.78 is 5.24. The smallest absolute Gasteiger partial charge is 0.228 e. The molecule has 1 aromatic rings. The first kappa shape index (κ1) is 16.0. The molecule has 0 aromatic carbocycles. The minimum absolute atomic E-state index is 0.548. The number of hydrogen-bond acceptors (Lipinski definition) is 6. The fourth-order valence-electron chi connectivity index (χ4n) is 2.64. The van der Waals surface area contributed by atoms with Crippen LogP contribution in [0.15, 0.2) is 6.07 Å². The van der Waals surface area contributed by atoms with Crippen molar-refractivity contribution in [3.05, 3.63) is 11.8 Å². The second-order valence-corrected chi connectivity index (χ2v) is 5.83. The van der Waals surface area contributed by atoms with Gasteiger partial charge in [-0.05, 0) is 32.4 Å². The van der Waals surface area contributed by atoms with Gasteiger partial charge in [-0.1, -0.05) is 6.92 Å². The van der Waals surface area contributed by atoms with Gasteiger partial charge in [0, 0.05) is 37.9 Å². The van der Waals surface area contributed by atoms with Crippen LogP contribution in [-0.2, 0) is 0 Å². The average Bonchev–Trinajstić information content (AvgIpc) is 2.72. The molecule has 21 heavy (non-hydrogen) atoms. The summed E-state index contributed by atoms with van der Waals surface area (Å²) in [6, 6.07) is 1.86. The molecular weight excluding hydrogens is 266 g/mol. The van der Waals surface area contributed by atoms with Crippen molar-refractivity contribution in [1.29, 1.82) is 0 Å². The van der Waals surface area contributed by atoms with Gasteiger partial charge < -0.3 is 20.3 Å². The molecule has 1 atom stereocenters. The van der Waals surface area contributed by atoms with Crippen molar-refractivity contribution in [2.24, 2.45) is 11.7 Å². The molecule has 0 bridgehead atoms. The first-order valence-corrected chi connectivity index (χ1v) is 7.69. The Balaban J connectivity index is 2.01. The minimum Gasteiger partial charge on any atom is -0.481 e. The lowest BCUT2D eigenvalue weighted by Gasteiger charge is -2.24. The monoisotopic (exact) mass is 293 g/mol. The van der Waals surface area contributed by atoms with E-state index in [9.17, 15) is 0 Å². The molecule has 2 N–H and O–H groups in total. The number of rotatable bonds is 5. The molecule has 2 heterocycles. The zero-order valence-electron chi connectivity index (χ0n) is 13.4. The van der Waals surface area contributed by atoms with Crippen molar-refractivity contribution in [3.8, 4) is 5.88 Å². The Bertz CT molecular complexity index is 454. The number of methoxy groups -OCH3 is 1. The molecule has 1 saturated heterocycles. The highest BCUT2D eigenvalue weighted by Gasteiger charge is 2.18. The Hall–Kier alpha value is -1.40. The molecule has 6 heteroatoms. The second-order valence-electron chi connectivity index (χ2n) is 5.83. The van der Waals surface area contributed by atoms with Crippen LogP contribution in [0, 0.1) is 12.8 Å². The first-order chi connectivity index (χ1) is 10.1. The number of anilines is 1. The van der Waals surface area contributed by atoms with Crippen LogP contribution in [0.1, 0.15) is 19.0 Å². The number of aryl methyl sites for hydroxylation is 1. The van der Waals surface area contributed by atoms with Crippen molar-refractivity contribution >= 4 is 5.95 Å². The van der Waals surface area contributed by atoms with Crippen LogP contribution in [0.5, 0.6) is 5.88 Å². The number of ether oxygens (including phenoxy) is 1. The maximum Gasteiger partial charge on any atom is 0.228 e. The molecule has 0 aliphatic carbocycles. The van der Waals surface area contributed by atoms with E-state index in [0.29, 0.717) is 11.8 Å². The normalized spacial score (nSPS) is 18.4. The largest absolute Gasteiger partial charge is 0.481 e. The Morgan fingerprint density at radius 2 is 2.10 bits per heavy atom. The van der Waals surface area contributed by atoms with Gasteiger partial charge in [-0.15, -0.1) is 0 Å². The molecule has 1 aromatic heterocycles. The van der Waals surface area contributed by atoms with Crippen molar-refractivity contribution < 1.29 is 4.74 Å². The van der Waals surface area contributed by atoms with E-state index in [0.717, 1.165) is 57.3 Å². The fourth-order valence-corrected chi connectivity index (χ4v) is 2.64. The van der Waals surface area contributed by atoms with Crippen LogP contribution in [0.25, 0.3) is 0 Å². The number of hydrogen-bond donors (Lipinski definition) is 1.